The monoisotopic (exact) mass is 261 g/mol. The van der Waals surface area contributed by atoms with Crippen molar-refractivity contribution in [1.29, 1.82) is 0 Å². The summed E-state index contributed by atoms with van der Waals surface area (Å²) < 4.78 is 0. The molecule has 102 valence electrons. The van der Waals surface area contributed by atoms with E-state index < -0.39 is 6.04 Å². The summed E-state index contributed by atoms with van der Waals surface area (Å²) in [6, 6.07) is 9.22. The molecule has 0 bridgehead atoms. The summed E-state index contributed by atoms with van der Waals surface area (Å²) in [6.45, 7) is 2.22. The van der Waals surface area contributed by atoms with Crippen LogP contribution in [0.1, 0.15) is 13.3 Å². The number of carbonyl (C=O) groups is 2. The molecule has 19 heavy (non-hydrogen) atoms. The average molecular weight is 261 g/mol. The van der Waals surface area contributed by atoms with Crippen molar-refractivity contribution >= 4 is 17.5 Å². The maximum atomic E-state index is 12.3. The summed E-state index contributed by atoms with van der Waals surface area (Å²) in [4.78, 5) is 25.7. The van der Waals surface area contributed by atoms with Crippen LogP contribution >= 0.6 is 0 Å². The lowest BCUT2D eigenvalue weighted by molar-refractivity contribution is -0.125. The van der Waals surface area contributed by atoms with Gasteiger partial charge in [0.05, 0.1) is 6.54 Å². The Kier molecular flexibility index (Phi) is 4.16. The third-order valence-electron chi connectivity index (χ3n) is 3.26. The third kappa shape index (κ3) is 2.93. The highest BCUT2D eigenvalue weighted by Crippen LogP contribution is 2.26. The molecule has 2 amide bonds. The zero-order valence-corrected chi connectivity index (χ0v) is 11.2. The van der Waals surface area contributed by atoms with E-state index in [0.29, 0.717) is 6.42 Å². The van der Waals surface area contributed by atoms with Gasteiger partial charge in [-0.2, -0.15) is 0 Å². The van der Waals surface area contributed by atoms with Crippen LogP contribution in [0, 0.1) is 0 Å². The number of carbonyl (C=O) groups excluding carboxylic acids is 2. The minimum atomic E-state index is -0.420. The van der Waals surface area contributed by atoms with E-state index in [0.717, 1.165) is 5.69 Å². The Morgan fingerprint density at radius 2 is 2.05 bits per heavy atom. The van der Waals surface area contributed by atoms with Gasteiger partial charge in [0, 0.05) is 11.7 Å². The number of rotatable bonds is 4. The highest BCUT2D eigenvalue weighted by atomic mass is 16.2. The summed E-state index contributed by atoms with van der Waals surface area (Å²) in [6.07, 6.45) is 0.642. The van der Waals surface area contributed by atoms with Crippen LogP contribution in [0.3, 0.4) is 0 Å². The highest BCUT2D eigenvalue weighted by molar-refractivity contribution is 6.02. The van der Waals surface area contributed by atoms with Crippen LogP contribution in [0.4, 0.5) is 5.69 Å². The number of nitrogens with zero attached hydrogens (tertiary/aromatic N) is 1. The largest absolute Gasteiger partial charge is 0.343 e. The van der Waals surface area contributed by atoms with E-state index in [9.17, 15) is 9.59 Å². The highest BCUT2D eigenvalue weighted by Gasteiger charge is 2.38. The molecular formula is C14H19N3O2. The molecule has 0 aromatic heterocycles. The van der Waals surface area contributed by atoms with Gasteiger partial charge in [0.2, 0.25) is 11.8 Å². The maximum Gasteiger partial charge on any atom is 0.249 e. The molecule has 1 aromatic rings. The lowest BCUT2D eigenvalue weighted by atomic mass is 10.2. The lowest BCUT2D eigenvalue weighted by Crippen LogP contribution is -2.44. The normalized spacial score (nSPS) is 22.6. The first-order valence-electron chi connectivity index (χ1n) is 6.45. The van der Waals surface area contributed by atoms with Gasteiger partial charge in [0.1, 0.15) is 6.04 Å². The van der Waals surface area contributed by atoms with Crippen molar-refractivity contribution in [1.82, 2.24) is 10.6 Å². The molecule has 1 aromatic carbocycles. The van der Waals surface area contributed by atoms with Gasteiger partial charge in [-0.25, -0.2) is 0 Å². The number of hydrogen-bond donors (Lipinski definition) is 2. The average Bonchev–Trinajstić information content (AvgIpc) is 2.66. The van der Waals surface area contributed by atoms with Crippen molar-refractivity contribution < 1.29 is 9.59 Å². The van der Waals surface area contributed by atoms with Crippen LogP contribution in [0.25, 0.3) is 0 Å². The number of likely N-dealkylation sites (N-methyl/N-ethyl adjacent to an activating group) is 1. The van der Waals surface area contributed by atoms with Gasteiger partial charge in [-0.05, 0) is 32.5 Å². The van der Waals surface area contributed by atoms with E-state index in [1.165, 1.54) is 0 Å². The number of amides is 2. The van der Waals surface area contributed by atoms with Crippen LogP contribution < -0.4 is 15.5 Å². The van der Waals surface area contributed by atoms with Crippen molar-refractivity contribution in [3.63, 3.8) is 0 Å². The van der Waals surface area contributed by atoms with Gasteiger partial charge in [-0.1, -0.05) is 18.2 Å². The smallest absolute Gasteiger partial charge is 0.249 e. The molecule has 1 aliphatic rings. The number of benzene rings is 1. The van der Waals surface area contributed by atoms with Crippen LogP contribution in [0.2, 0.25) is 0 Å². The fraction of sp³-hybridized carbons (Fsp3) is 0.429. The van der Waals surface area contributed by atoms with Crippen molar-refractivity contribution in [2.75, 3.05) is 18.5 Å². The first-order valence-corrected chi connectivity index (χ1v) is 6.45. The quantitative estimate of drug-likeness (QED) is 0.830. The Morgan fingerprint density at radius 3 is 2.68 bits per heavy atom. The maximum absolute atomic E-state index is 12.3. The fourth-order valence-corrected chi connectivity index (χ4v) is 2.43. The molecule has 2 rings (SSSR count). The Hall–Kier alpha value is -1.88. The van der Waals surface area contributed by atoms with Crippen molar-refractivity contribution in [2.45, 2.75) is 25.4 Å². The van der Waals surface area contributed by atoms with Gasteiger partial charge < -0.3 is 15.5 Å². The second-order valence-corrected chi connectivity index (χ2v) is 4.78. The topological polar surface area (TPSA) is 61.4 Å². The molecule has 1 fully saturated rings. The molecular weight excluding hydrogens is 242 g/mol. The molecule has 2 N–H and O–H groups in total. The molecule has 5 heteroatoms. The molecule has 0 aliphatic carbocycles. The Balaban J connectivity index is 2.09. The first-order chi connectivity index (χ1) is 9.13. The van der Waals surface area contributed by atoms with Crippen LogP contribution in [-0.4, -0.2) is 37.5 Å². The second-order valence-electron chi connectivity index (χ2n) is 4.78. The molecule has 5 nitrogen and oxygen atoms in total. The minimum Gasteiger partial charge on any atom is -0.343 e. The molecule has 0 saturated carbocycles. The zero-order chi connectivity index (χ0) is 13.8. The van der Waals surface area contributed by atoms with Gasteiger partial charge in [-0.3, -0.25) is 9.59 Å². The Bertz CT molecular complexity index is 461. The second kappa shape index (κ2) is 5.84. The van der Waals surface area contributed by atoms with Gasteiger partial charge in [-0.15, -0.1) is 0 Å². The molecule has 2 atom stereocenters. The van der Waals surface area contributed by atoms with Crippen molar-refractivity contribution in [3.05, 3.63) is 30.3 Å². The number of nitrogens with one attached hydrogen (secondary N) is 2. The van der Waals surface area contributed by atoms with Gasteiger partial charge in [0.15, 0.2) is 0 Å². The molecule has 0 spiro atoms. The van der Waals surface area contributed by atoms with E-state index in [1.807, 2.05) is 37.3 Å². The van der Waals surface area contributed by atoms with Gasteiger partial charge >= 0.3 is 0 Å². The summed E-state index contributed by atoms with van der Waals surface area (Å²) in [5.74, 6) is -0.189. The molecule has 0 radical (unpaired) electrons. The predicted octanol–water partition coefficient (Wildman–Crippen LogP) is 0.516. The SMILES string of the molecule is CNCC(=O)NC1CC(C)N(c2ccccc2)C1=O. The Morgan fingerprint density at radius 1 is 1.37 bits per heavy atom. The van der Waals surface area contributed by atoms with E-state index in [-0.39, 0.29) is 24.4 Å². The number of para-hydroxylation sites is 1. The van der Waals surface area contributed by atoms with Gasteiger partial charge in [0.25, 0.3) is 0 Å². The van der Waals surface area contributed by atoms with E-state index in [4.69, 9.17) is 0 Å². The van der Waals surface area contributed by atoms with Crippen molar-refractivity contribution in [3.8, 4) is 0 Å². The molecule has 1 aliphatic heterocycles. The molecule has 2 unspecified atom stereocenters. The fourth-order valence-electron chi connectivity index (χ4n) is 2.43. The molecule has 1 heterocycles. The lowest BCUT2D eigenvalue weighted by Gasteiger charge is -2.21. The van der Waals surface area contributed by atoms with Crippen LogP contribution in [-0.2, 0) is 9.59 Å². The van der Waals surface area contributed by atoms with E-state index in [1.54, 1.807) is 11.9 Å². The Labute approximate surface area is 113 Å². The third-order valence-corrected chi connectivity index (χ3v) is 3.26. The number of hydrogen-bond acceptors (Lipinski definition) is 3. The van der Waals surface area contributed by atoms with E-state index >= 15 is 0 Å². The summed E-state index contributed by atoms with van der Waals surface area (Å²) in [5.41, 5.74) is 0.880. The summed E-state index contributed by atoms with van der Waals surface area (Å²) in [5, 5.41) is 5.54. The summed E-state index contributed by atoms with van der Waals surface area (Å²) >= 11 is 0. The standard InChI is InChI=1S/C14H19N3O2/c1-10-8-12(16-13(18)9-15-2)14(19)17(10)11-6-4-3-5-7-11/h3-7,10,12,15H,8-9H2,1-2H3,(H,16,18). The molecule has 1 saturated heterocycles. The van der Waals surface area contributed by atoms with Crippen LogP contribution in [0.15, 0.2) is 30.3 Å². The summed E-state index contributed by atoms with van der Waals surface area (Å²) in [7, 11) is 1.70. The van der Waals surface area contributed by atoms with E-state index in [2.05, 4.69) is 10.6 Å². The predicted molar refractivity (Wildman–Crippen MR) is 73.9 cm³/mol. The number of anilines is 1. The zero-order valence-electron chi connectivity index (χ0n) is 11.2. The minimum absolute atomic E-state index is 0.0387. The first kappa shape index (κ1) is 13.5. The van der Waals surface area contributed by atoms with Crippen LogP contribution in [0.5, 0.6) is 0 Å². The van der Waals surface area contributed by atoms with Crippen molar-refractivity contribution in [2.24, 2.45) is 0 Å².